The van der Waals surface area contributed by atoms with Crippen LogP contribution in [0.3, 0.4) is 0 Å². The van der Waals surface area contributed by atoms with Gasteiger partial charge in [-0.05, 0) is 37.0 Å². The summed E-state index contributed by atoms with van der Waals surface area (Å²) in [7, 11) is 0. The quantitative estimate of drug-likeness (QED) is 0.601. The fraction of sp³-hybridized carbons (Fsp3) is 0.435. The molecule has 0 aliphatic carbocycles. The summed E-state index contributed by atoms with van der Waals surface area (Å²) in [5.41, 5.74) is -0.609. The van der Waals surface area contributed by atoms with E-state index in [1.54, 1.807) is 0 Å². The fourth-order valence-electron chi connectivity index (χ4n) is 4.81. The molecule has 2 aliphatic rings. The van der Waals surface area contributed by atoms with Crippen molar-refractivity contribution in [3.63, 3.8) is 0 Å². The molecule has 1 unspecified atom stereocenters. The minimum Gasteiger partial charge on any atom is -0.354 e. The van der Waals surface area contributed by atoms with Gasteiger partial charge in [0.05, 0.1) is 10.9 Å². The number of hydrogen-bond acceptors (Lipinski definition) is 7. The Kier molecular flexibility index (Phi) is 5.91. The van der Waals surface area contributed by atoms with Crippen molar-refractivity contribution in [1.82, 2.24) is 29.7 Å². The van der Waals surface area contributed by atoms with Gasteiger partial charge in [-0.3, -0.25) is 24.5 Å². The summed E-state index contributed by atoms with van der Waals surface area (Å²) in [4.78, 5) is 56.5. The zero-order valence-electron chi connectivity index (χ0n) is 18.4. The molecule has 2 saturated heterocycles. The maximum Gasteiger partial charge on any atom is 0.327 e. The molecule has 1 amide bonds. The first-order valence-corrected chi connectivity index (χ1v) is 11.4. The Hall–Kier alpha value is -3.53. The first-order chi connectivity index (χ1) is 16.1. The molecule has 1 atom stereocenters. The second-order valence-corrected chi connectivity index (χ2v) is 8.76. The number of rotatable bonds is 4. The number of nitrogens with zero attached hydrogens (tertiary/aromatic N) is 5. The van der Waals surface area contributed by atoms with Crippen molar-refractivity contribution in [3.05, 3.63) is 63.1 Å². The molecule has 0 radical (unpaired) electrons. The maximum atomic E-state index is 13.1. The molecule has 5 rings (SSSR count). The summed E-state index contributed by atoms with van der Waals surface area (Å²) in [6.45, 7) is 6.23. The summed E-state index contributed by atoms with van der Waals surface area (Å²) in [5.74, 6) is 1.32. The van der Waals surface area contributed by atoms with Gasteiger partial charge in [-0.2, -0.15) is 0 Å². The van der Waals surface area contributed by atoms with Crippen LogP contribution >= 0.6 is 0 Å². The lowest BCUT2D eigenvalue weighted by Gasteiger charge is -2.39. The van der Waals surface area contributed by atoms with Crippen molar-refractivity contribution in [1.29, 1.82) is 0 Å². The molecule has 10 nitrogen and oxygen atoms in total. The highest BCUT2D eigenvalue weighted by Crippen LogP contribution is 2.21. The molecule has 5 heterocycles. The molecule has 10 heteroatoms. The van der Waals surface area contributed by atoms with Gasteiger partial charge in [-0.1, -0.05) is 6.07 Å². The van der Waals surface area contributed by atoms with Crippen LogP contribution < -0.4 is 16.1 Å². The van der Waals surface area contributed by atoms with Gasteiger partial charge < -0.3 is 9.80 Å². The van der Waals surface area contributed by atoms with E-state index in [0.717, 1.165) is 51.4 Å². The molecule has 2 fully saturated rings. The van der Waals surface area contributed by atoms with Crippen molar-refractivity contribution in [2.24, 2.45) is 5.92 Å². The Balaban J connectivity index is 1.20. The topological polar surface area (TPSA) is 118 Å². The molecule has 2 aliphatic heterocycles. The highest BCUT2D eigenvalue weighted by molar-refractivity contribution is 5.96. The third-order valence-corrected chi connectivity index (χ3v) is 6.51. The van der Waals surface area contributed by atoms with E-state index in [2.05, 4.69) is 29.7 Å². The Morgan fingerprint density at radius 1 is 1.06 bits per heavy atom. The van der Waals surface area contributed by atoms with Crippen LogP contribution in [-0.4, -0.2) is 81.5 Å². The number of likely N-dealkylation sites (tertiary alicyclic amines) is 1. The lowest BCUT2D eigenvalue weighted by Crippen LogP contribution is -2.50. The van der Waals surface area contributed by atoms with Gasteiger partial charge in [0.25, 0.3) is 11.5 Å². The first kappa shape index (κ1) is 21.3. The molecule has 172 valence electrons. The van der Waals surface area contributed by atoms with Crippen LogP contribution in [0, 0.1) is 5.92 Å². The van der Waals surface area contributed by atoms with Crippen LogP contribution in [0.15, 0.2) is 46.2 Å². The second-order valence-electron chi connectivity index (χ2n) is 8.76. The minimum atomic E-state index is -0.612. The molecule has 0 aromatic carbocycles. The molecular formula is C23H27N7O3. The Bertz CT molecular complexity index is 1250. The molecule has 2 N–H and O–H groups in total. The van der Waals surface area contributed by atoms with Crippen LogP contribution in [0.25, 0.3) is 11.0 Å². The molecule has 3 aromatic heterocycles. The highest BCUT2D eigenvalue weighted by atomic mass is 16.2. The summed E-state index contributed by atoms with van der Waals surface area (Å²) in [6, 6.07) is 7.51. The number of piperidine rings is 1. The molecule has 0 spiro atoms. The Morgan fingerprint density at radius 3 is 2.70 bits per heavy atom. The van der Waals surface area contributed by atoms with Crippen LogP contribution in [0.4, 0.5) is 5.82 Å². The molecule has 0 bridgehead atoms. The average molecular weight is 450 g/mol. The van der Waals surface area contributed by atoms with E-state index < -0.39 is 11.2 Å². The van der Waals surface area contributed by atoms with Crippen molar-refractivity contribution in [2.75, 3.05) is 50.7 Å². The summed E-state index contributed by atoms with van der Waals surface area (Å²) >= 11 is 0. The van der Waals surface area contributed by atoms with E-state index in [4.69, 9.17) is 0 Å². The number of H-pyrrole nitrogens is 2. The van der Waals surface area contributed by atoms with E-state index in [1.165, 1.54) is 12.3 Å². The summed E-state index contributed by atoms with van der Waals surface area (Å²) in [5, 5.41) is 0.208. The van der Waals surface area contributed by atoms with E-state index in [-0.39, 0.29) is 16.9 Å². The normalized spacial score (nSPS) is 19.7. The van der Waals surface area contributed by atoms with Crippen molar-refractivity contribution < 1.29 is 4.79 Å². The first-order valence-electron chi connectivity index (χ1n) is 11.4. The van der Waals surface area contributed by atoms with Gasteiger partial charge in [0, 0.05) is 58.2 Å². The van der Waals surface area contributed by atoms with Crippen LogP contribution in [0.1, 0.15) is 23.2 Å². The monoisotopic (exact) mass is 449 g/mol. The molecule has 3 aromatic rings. The van der Waals surface area contributed by atoms with Crippen molar-refractivity contribution in [3.8, 4) is 0 Å². The Morgan fingerprint density at radius 2 is 1.91 bits per heavy atom. The molecule has 33 heavy (non-hydrogen) atoms. The third-order valence-electron chi connectivity index (χ3n) is 6.51. The van der Waals surface area contributed by atoms with Gasteiger partial charge in [0.2, 0.25) is 0 Å². The number of piperazine rings is 1. The van der Waals surface area contributed by atoms with Gasteiger partial charge in [0.15, 0.2) is 0 Å². The van der Waals surface area contributed by atoms with Crippen LogP contribution in [0.5, 0.6) is 0 Å². The smallest absolute Gasteiger partial charge is 0.327 e. The number of carbonyl (C=O) groups is 1. The number of hydrogen-bond donors (Lipinski definition) is 2. The zero-order valence-corrected chi connectivity index (χ0v) is 18.4. The second kappa shape index (κ2) is 9.14. The number of pyridine rings is 2. The number of carbonyl (C=O) groups excluding carboxylic acids is 1. The van der Waals surface area contributed by atoms with E-state index in [9.17, 15) is 14.4 Å². The van der Waals surface area contributed by atoms with Crippen LogP contribution in [-0.2, 0) is 0 Å². The standard InChI is InChI=1S/C23H27N7O3/c31-21-18-12-17(13-25-20(18)26-23(33)27-21)22(32)30-7-3-4-16(15-30)14-28-8-10-29(11-9-28)19-5-1-2-6-24-19/h1-2,5-6,12-13,16H,3-4,7-11,14-15H2,(H2,25,26,27,31,33). The minimum absolute atomic E-state index is 0.125. The van der Waals surface area contributed by atoms with Crippen molar-refractivity contribution >= 4 is 22.8 Å². The number of amides is 1. The van der Waals surface area contributed by atoms with E-state index >= 15 is 0 Å². The van der Waals surface area contributed by atoms with Gasteiger partial charge in [-0.25, -0.2) is 14.8 Å². The third kappa shape index (κ3) is 4.65. The summed E-state index contributed by atoms with van der Waals surface area (Å²) < 4.78 is 0. The largest absolute Gasteiger partial charge is 0.354 e. The van der Waals surface area contributed by atoms with Gasteiger partial charge >= 0.3 is 5.69 Å². The number of anilines is 1. The maximum absolute atomic E-state index is 13.1. The number of aromatic nitrogens is 4. The number of aromatic amines is 2. The van der Waals surface area contributed by atoms with Gasteiger partial charge in [0.1, 0.15) is 11.5 Å². The fourth-order valence-corrected chi connectivity index (χ4v) is 4.81. The SMILES string of the molecule is O=C(c1cnc2[nH]c(=O)[nH]c(=O)c2c1)N1CCCC(CN2CCN(c3ccccn3)CC2)C1. The van der Waals surface area contributed by atoms with E-state index in [0.29, 0.717) is 24.6 Å². The van der Waals surface area contributed by atoms with Crippen LogP contribution in [0.2, 0.25) is 0 Å². The predicted molar refractivity (Wildman–Crippen MR) is 125 cm³/mol. The lowest BCUT2D eigenvalue weighted by atomic mass is 9.96. The van der Waals surface area contributed by atoms with Gasteiger partial charge in [-0.15, -0.1) is 0 Å². The molecular weight excluding hydrogens is 422 g/mol. The summed E-state index contributed by atoms with van der Waals surface area (Å²) in [6.07, 6.45) is 5.32. The Labute approximate surface area is 190 Å². The number of nitrogens with one attached hydrogen (secondary N) is 2. The lowest BCUT2D eigenvalue weighted by molar-refractivity contribution is 0.0637. The number of fused-ring (bicyclic) bond motifs is 1. The van der Waals surface area contributed by atoms with Crippen molar-refractivity contribution in [2.45, 2.75) is 12.8 Å². The zero-order chi connectivity index (χ0) is 22.8. The predicted octanol–water partition coefficient (Wildman–Crippen LogP) is 0.681. The molecule has 0 saturated carbocycles. The average Bonchev–Trinajstić information content (AvgIpc) is 2.84. The van der Waals surface area contributed by atoms with E-state index in [1.807, 2.05) is 29.3 Å². The highest BCUT2D eigenvalue weighted by Gasteiger charge is 2.28.